The summed E-state index contributed by atoms with van der Waals surface area (Å²) in [5, 5.41) is 11.5. The van der Waals surface area contributed by atoms with Crippen molar-refractivity contribution in [1.29, 1.82) is 0 Å². The van der Waals surface area contributed by atoms with Crippen LogP contribution in [-0.4, -0.2) is 52.8 Å². The van der Waals surface area contributed by atoms with Crippen LogP contribution in [0.2, 0.25) is 0 Å². The van der Waals surface area contributed by atoms with Crippen molar-refractivity contribution in [1.82, 2.24) is 9.80 Å². The van der Waals surface area contributed by atoms with E-state index in [1.165, 1.54) is 29.2 Å². The van der Waals surface area contributed by atoms with Gasteiger partial charge in [0.2, 0.25) is 5.78 Å². The number of likely N-dealkylation sites (N-methyl/N-ethyl adjacent to an activating group) is 1. The molecular formula is C26H27FN2O4. The minimum Gasteiger partial charge on any atom is -0.503 e. The van der Waals surface area contributed by atoms with E-state index in [0.717, 1.165) is 24.0 Å². The molecule has 4 rings (SSSR count). The van der Waals surface area contributed by atoms with Gasteiger partial charge < -0.3 is 19.3 Å². The number of furan rings is 1. The summed E-state index contributed by atoms with van der Waals surface area (Å²) in [6, 6.07) is 12.0. The second-order valence-corrected chi connectivity index (χ2v) is 8.22. The van der Waals surface area contributed by atoms with E-state index in [-0.39, 0.29) is 11.3 Å². The first-order valence-electron chi connectivity index (χ1n) is 11.1. The Balaban J connectivity index is 1.75. The standard InChI is InChI=1S/C26H27FN2O4/c1-4-28(5-2)12-13-29-23(17-7-9-19(27)10-8-17)22(25(31)26(29)32)24(30)21-15-18-14-16(3)6-11-20(18)33-21/h6-11,14-15,23,31H,4-5,12-13H2,1-3H3. The number of halogens is 1. The number of fused-ring (bicyclic) bond motifs is 1. The molecule has 1 unspecified atom stereocenters. The highest BCUT2D eigenvalue weighted by atomic mass is 19.1. The van der Waals surface area contributed by atoms with Gasteiger partial charge in [-0.2, -0.15) is 0 Å². The number of aliphatic hydroxyl groups is 1. The molecule has 0 aliphatic carbocycles. The molecule has 0 spiro atoms. The SMILES string of the molecule is CCN(CC)CCN1C(=O)C(O)=C(C(=O)c2cc3cc(C)ccc3o2)C1c1ccc(F)cc1. The van der Waals surface area contributed by atoms with Gasteiger partial charge in [0.05, 0.1) is 11.6 Å². The van der Waals surface area contributed by atoms with E-state index < -0.39 is 29.3 Å². The van der Waals surface area contributed by atoms with Crippen molar-refractivity contribution in [3.63, 3.8) is 0 Å². The Labute approximate surface area is 191 Å². The Morgan fingerprint density at radius 2 is 1.82 bits per heavy atom. The molecule has 7 heteroatoms. The van der Waals surface area contributed by atoms with Gasteiger partial charge in [0, 0.05) is 18.5 Å². The summed E-state index contributed by atoms with van der Waals surface area (Å²) in [5.74, 6) is -2.15. The van der Waals surface area contributed by atoms with Gasteiger partial charge in [-0.25, -0.2) is 4.39 Å². The molecule has 1 aliphatic rings. The number of benzene rings is 2. The Morgan fingerprint density at radius 1 is 1.12 bits per heavy atom. The molecule has 172 valence electrons. The van der Waals surface area contributed by atoms with E-state index >= 15 is 0 Å². The average Bonchev–Trinajstić information content (AvgIpc) is 3.33. The lowest BCUT2D eigenvalue weighted by Gasteiger charge is -2.29. The maximum Gasteiger partial charge on any atom is 0.290 e. The number of amides is 1. The summed E-state index contributed by atoms with van der Waals surface area (Å²) in [5.41, 5.74) is 2.06. The summed E-state index contributed by atoms with van der Waals surface area (Å²) < 4.78 is 19.4. The number of Topliss-reactive ketones (excluding diaryl/α,β-unsaturated/α-hetero) is 1. The molecule has 0 fully saturated rings. The average molecular weight is 451 g/mol. The quantitative estimate of drug-likeness (QED) is 0.499. The molecule has 1 atom stereocenters. The number of rotatable bonds is 8. The van der Waals surface area contributed by atoms with Crippen LogP contribution in [0, 0.1) is 12.7 Å². The highest BCUT2D eigenvalue weighted by Crippen LogP contribution is 2.39. The molecular weight excluding hydrogens is 423 g/mol. The zero-order valence-electron chi connectivity index (χ0n) is 19.0. The molecule has 2 heterocycles. The van der Waals surface area contributed by atoms with Crippen LogP contribution in [0.5, 0.6) is 0 Å². The number of ketones is 1. The van der Waals surface area contributed by atoms with Crippen LogP contribution < -0.4 is 0 Å². The Bertz CT molecular complexity index is 1220. The summed E-state index contributed by atoms with van der Waals surface area (Å²) in [6.45, 7) is 8.50. The van der Waals surface area contributed by atoms with E-state index in [1.54, 1.807) is 12.1 Å². The van der Waals surface area contributed by atoms with Gasteiger partial charge in [-0.05, 0) is 55.9 Å². The van der Waals surface area contributed by atoms with E-state index in [0.29, 0.717) is 24.2 Å². The zero-order chi connectivity index (χ0) is 23.7. The molecule has 1 aromatic heterocycles. The summed E-state index contributed by atoms with van der Waals surface area (Å²) in [4.78, 5) is 30.2. The minimum absolute atomic E-state index is 0.0441. The van der Waals surface area contributed by atoms with Crippen LogP contribution >= 0.6 is 0 Å². The topological polar surface area (TPSA) is 74.0 Å². The number of nitrogens with zero attached hydrogens (tertiary/aromatic N) is 2. The van der Waals surface area contributed by atoms with Crippen LogP contribution in [-0.2, 0) is 4.79 Å². The lowest BCUT2D eigenvalue weighted by molar-refractivity contribution is -0.129. The van der Waals surface area contributed by atoms with Gasteiger partial charge in [-0.1, -0.05) is 37.6 Å². The lowest BCUT2D eigenvalue weighted by Crippen LogP contribution is -2.38. The first-order valence-corrected chi connectivity index (χ1v) is 11.1. The molecule has 6 nitrogen and oxygen atoms in total. The fraction of sp³-hybridized carbons (Fsp3) is 0.308. The minimum atomic E-state index is -0.837. The monoisotopic (exact) mass is 450 g/mol. The Morgan fingerprint density at radius 3 is 2.48 bits per heavy atom. The van der Waals surface area contributed by atoms with Crippen molar-refractivity contribution in [3.8, 4) is 0 Å². The number of carbonyl (C=O) groups is 2. The third kappa shape index (κ3) is 4.28. The smallest absolute Gasteiger partial charge is 0.290 e. The number of aliphatic hydroxyl groups excluding tert-OH is 1. The number of hydrogen-bond acceptors (Lipinski definition) is 5. The number of aryl methyl sites for hydroxylation is 1. The van der Waals surface area contributed by atoms with Crippen molar-refractivity contribution in [2.24, 2.45) is 0 Å². The maximum atomic E-state index is 13.6. The van der Waals surface area contributed by atoms with Crippen LogP contribution in [0.4, 0.5) is 4.39 Å². The van der Waals surface area contributed by atoms with Gasteiger partial charge in [0.1, 0.15) is 11.4 Å². The van der Waals surface area contributed by atoms with E-state index in [9.17, 15) is 19.1 Å². The van der Waals surface area contributed by atoms with Gasteiger partial charge in [0.25, 0.3) is 5.91 Å². The van der Waals surface area contributed by atoms with Crippen LogP contribution in [0.3, 0.4) is 0 Å². The highest BCUT2D eigenvalue weighted by molar-refractivity contribution is 6.16. The molecule has 0 radical (unpaired) electrons. The second kappa shape index (κ2) is 9.19. The zero-order valence-corrected chi connectivity index (χ0v) is 19.0. The van der Waals surface area contributed by atoms with E-state index in [2.05, 4.69) is 4.90 Å². The molecule has 1 N–H and O–H groups in total. The molecule has 0 saturated carbocycles. The van der Waals surface area contributed by atoms with Gasteiger partial charge in [-0.3, -0.25) is 9.59 Å². The number of hydrogen-bond donors (Lipinski definition) is 1. The van der Waals surface area contributed by atoms with E-state index in [1.807, 2.05) is 32.9 Å². The van der Waals surface area contributed by atoms with Crippen molar-refractivity contribution < 1.29 is 23.5 Å². The fourth-order valence-electron chi connectivity index (χ4n) is 4.30. The molecule has 2 aromatic carbocycles. The molecule has 0 bridgehead atoms. The summed E-state index contributed by atoms with van der Waals surface area (Å²) in [6.07, 6.45) is 0. The van der Waals surface area contributed by atoms with Gasteiger partial charge >= 0.3 is 0 Å². The lowest BCUT2D eigenvalue weighted by atomic mass is 9.95. The van der Waals surface area contributed by atoms with Crippen molar-refractivity contribution in [3.05, 3.63) is 82.6 Å². The molecule has 33 heavy (non-hydrogen) atoms. The normalized spacial score (nSPS) is 16.5. The third-order valence-electron chi connectivity index (χ3n) is 6.18. The van der Waals surface area contributed by atoms with E-state index in [4.69, 9.17) is 4.42 Å². The number of carbonyl (C=O) groups excluding carboxylic acids is 2. The predicted molar refractivity (Wildman–Crippen MR) is 124 cm³/mol. The first-order chi connectivity index (χ1) is 15.8. The maximum absolute atomic E-state index is 13.6. The fourth-order valence-corrected chi connectivity index (χ4v) is 4.30. The Kier molecular flexibility index (Phi) is 6.33. The third-order valence-corrected chi connectivity index (χ3v) is 6.18. The van der Waals surface area contributed by atoms with Crippen molar-refractivity contribution in [2.45, 2.75) is 26.8 Å². The molecule has 0 saturated heterocycles. The second-order valence-electron chi connectivity index (χ2n) is 8.22. The first kappa shape index (κ1) is 22.7. The highest BCUT2D eigenvalue weighted by Gasteiger charge is 2.44. The van der Waals surface area contributed by atoms with Gasteiger partial charge in [-0.15, -0.1) is 0 Å². The van der Waals surface area contributed by atoms with Crippen LogP contribution in [0.1, 0.15) is 41.6 Å². The van der Waals surface area contributed by atoms with Crippen molar-refractivity contribution in [2.75, 3.05) is 26.2 Å². The summed E-state index contributed by atoms with van der Waals surface area (Å²) >= 11 is 0. The predicted octanol–water partition coefficient (Wildman–Crippen LogP) is 4.80. The van der Waals surface area contributed by atoms with Crippen LogP contribution in [0.25, 0.3) is 11.0 Å². The molecule has 3 aromatic rings. The molecule has 1 aliphatic heterocycles. The molecule has 1 amide bonds. The largest absolute Gasteiger partial charge is 0.503 e. The van der Waals surface area contributed by atoms with Gasteiger partial charge in [0.15, 0.2) is 11.5 Å². The van der Waals surface area contributed by atoms with Crippen molar-refractivity contribution >= 4 is 22.7 Å². The Hall–Kier alpha value is -3.45. The van der Waals surface area contributed by atoms with Crippen LogP contribution in [0.15, 0.2) is 64.3 Å². The summed E-state index contributed by atoms with van der Waals surface area (Å²) in [7, 11) is 0.